The van der Waals surface area contributed by atoms with Crippen LogP contribution in [0.4, 0.5) is 73.9 Å². The van der Waals surface area contributed by atoms with Gasteiger partial charge in [-0.1, -0.05) is 84.9 Å². The van der Waals surface area contributed by atoms with Gasteiger partial charge in [0.25, 0.3) is 0 Å². The Balaban J connectivity index is 0.000000163. The maximum Gasteiger partial charge on any atom is 0.138 e. The fourth-order valence-corrected chi connectivity index (χ4v) is 8.98. The van der Waals surface area contributed by atoms with Crippen LogP contribution in [0.2, 0.25) is 0 Å². The molecule has 0 aliphatic carbocycles. The topological polar surface area (TPSA) is 388 Å². The van der Waals surface area contributed by atoms with E-state index in [1.807, 2.05) is 92.7 Å². The van der Waals surface area contributed by atoms with Crippen LogP contribution in [0.1, 0.15) is 22.3 Å². The van der Waals surface area contributed by atoms with Gasteiger partial charge in [0.05, 0.1) is 24.2 Å². The Labute approximate surface area is 473 Å². The molecule has 16 heteroatoms. The largest absolute Gasteiger partial charge is 0.507 e. The molecule has 10 aromatic rings. The van der Waals surface area contributed by atoms with Crippen molar-refractivity contribution < 1.29 is 14.9 Å². The van der Waals surface area contributed by atoms with Crippen molar-refractivity contribution in [3.8, 4) is 72.9 Å². The molecule has 0 bridgehead atoms. The van der Waals surface area contributed by atoms with Gasteiger partial charge in [0.15, 0.2) is 0 Å². The molecule has 416 valence electrons. The Kier molecular flexibility index (Phi) is 19.3. The van der Waals surface area contributed by atoms with Crippen molar-refractivity contribution in [2.24, 2.45) is 0 Å². The van der Waals surface area contributed by atoms with Gasteiger partial charge >= 0.3 is 0 Å². The highest BCUT2D eigenvalue weighted by molar-refractivity contribution is 5.87. The zero-order valence-corrected chi connectivity index (χ0v) is 46.1. The quantitative estimate of drug-likeness (QED) is 0.0543. The standard InChI is InChI=1S/C14H16N2O.C14H16N2.C13H14N2O.C12H14N4.C12H13N3O/c1-9-4-3-5-13(17-2)14(9)11-7-6-10(15)8-12(11)16;1-9-4-3-5-10(2)14(9)12-7-6-11(15)8-13(12)16;1-8-3-2-4-12(16)13(8)10-6-5-9(14)7-11(10)15;13-8-2-3-9(11(15)6-8)7-1-4-10(14)12(16)5-7;13-8-2-3-9(10(14)6-8)7-1-4-12(16)11(15)5-7/h3-8H,15-16H2,1-2H3;3-8H,15-16H2,1-2H3;2-7,16H,14-15H2,1H3;1-6H,13-16H2;1-6,16H,13-15H2. The van der Waals surface area contributed by atoms with Crippen LogP contribution in [0, 0.1) is 27.7 Å². The second-order valence-electron chi connectivity index (χ2n) is 19.2. The van der Waals surface area contributed by atoms with Crippen LogP contribution < -0.4 is 79.3 Å². The van der Waals surface area contributed by atoms with E-state index < -0.39 is 0 Å². The lowest BCUT2D eigenvalue weighted by atomic mass is 9.94. The van der Waals surface area contributed by atoms with Crippen LogP contribution in [0.5, 0.6) is 17.2 Å². The fraction of sp³-hybridized carbons (Fsp3) is 0.0769. The molecule has 0 fully saturated rings. The van der Waals surface area contributed by atoms with Gasteiger partial charge in [-0.25, -0.2) is 0 Å². The number of methoxy groups -OCH3 is 1. The second-order valence-corrected chi connectivity index (χ2v) is 19.2. The van der Waals surface area contributed by atoms with Crippen LogP contribution >= 0.6 is 0 Å². The van der Waals surface area contributed by atoms with Gasteiger partial charge in [-0.2, -0.15) is 0 Å². The lowest BCUT2D eigenvalue weighted by Gasteiger charge is -2.14. The lowest BCUT2D eigenvalue weighted by Crippen LogP contribution is -1.96. The molecule has 16 nitrogen and oxygen atoms in total. The number of nitrogens with two attached hydrogens (primary N) is 13. The molecule has 0 saturated carbocycles. The van der Waals surface area contributed by atoms with Crippen molar-refractivity contribution in [2.75, 3.05) is 81.6 Å². The number of phenols is 2. The predicted octanol–water partition coefficient (Wildman–Crippen LogP) is 12.0. The van der Waals surface area contributed by atoms with Gasteiger partial charge in [0, 0.05) is 95.8 Å². The number of benzene rings is 10. The molecule has 10 rings (SSSR count). The summed E-state index contributed by atoms with van der Waals surface area (Å²) in [7, 11) is 1.66. The summed E-state index contributed by atoms with van der Waals surface area (Å²) in [5, 5.41) is 19.2. The highest BCUT2D eigenvalue weighted by Crippen LogP contribution is 2.39. The second kappa shape index (κ2) is 26.4. The van der Waals surface area contributed by atoms with E-state index in [-0.39, 0.29) is 11.5 Å². The maximum absolute atomic E-state index is 9.85. The van der Waals surface area contributed by atoms with Crippen LogP contribution in [0.25, 0.3) is 55.6 Å². The van der Waals surface area contributed by atoms with Crippen molar-refractivity contribution >= 4 is 73.9 Å². The number of anilines is 13. The first-order chi connectivity index (χ1) is 38.5. The molecule has 0 unspecified atom stereocenters. The van der Waals surface area contributed by atoms with Crippen LogP contribution in [0.15, 0.2) is 182 Å². The molecule has 28 N–H and O–H groups in total. The molecule has 0 aromatic heterocycles. The van der Waals surface area contributed by atoms with Gasteiger partial charge in [-0.15, -0.1) is 0 Å². The van der Waals surface area contributed by atoms with E-state index in [4.69, 9.17) is 79.3 Å². The van der Waals surface area contributed by atoms with Crippen molar-refractivity contribution in [3.63, 3.8) is 0 Å². The molecule has 0 atom stereocenters. The van der Waals surface area contributed by atoms with Gasteiger partial charge in [-0.3, -0.25) is 0 Å². The Bertz CT molecular complexity index is 3610. The van der Waals surface area contributed by atoms with E-state index in [1.54, 1.807) is 92.0 Å². The van der Waals surface area contributed by atoms with Gasteiger partial charge in [0.1, 0.15) is 17.2 Å². The first-order valence-corrected chi connectivity index (χ1v) is 25.5. The number of hydrogen-bond acceptors (Lipinski definition) is 16. The molecule has 10 aromatic carbocycles. The van der Waals surface area contributed by atoms with E-state index in [9.17, 15) is 10.2 Å². The maximum atomic E-state index is 9.85. The number of phenolic OH excluding ortho intramolecular Hbond substituents is 2. The highest BCUT2D eigenvalue weighted by Gasteiger charge is 2.14. The number of nitrogen functional groups attached to an aromatic ring is 13. The van der Waals surface area contributed by atoms with E-state index in [2.05, 4.69) is 32.0 Å². The van der Waals surface area contributed by atoms with Crippen LogP contribution in [-0.2, 0) is 0 Å². The Morgan fingerprint density at radius 3 is 0.988 bits per heavy atom. The third kappa shape index (κ3) is 14.9. The lowest BCUT2D eigenvalue weighted by molar-refractivity contribution is 0.416. The molecule has 0 heterocycles. The van der Waals surface area contributed by atoms with Crippen LogP contribution in [0.3, 0.4) is 0 Å². The van der Waals surface area contributed by atoms with E-state index in [0.29, 0.717) is 68.2 Å². The van der Waals surface area contributed by atoms with E-state index >= 15 is 0 Å². The number of rotatable bonds is 6. The van der Waals surface area contributed by atoms with Gasteiger partial charge < -0.3 is 89.5 Å². The molecule has 0 aliphatic rings. The monoisotopic (exact) mass is 1080 g/mol. The third-order valence-electron chi connectivity index (χ3n) is 13.1. The summed E-state index contributed by atoms with van der Waals surface area (Å²) in [6, 6.07) is 55.2. The fourth-order valence-electron chi connectivity index (χ4n) is 8.98. The number of aryl methyl sites for hydroxylation is 4. The smallest absolute Gasteiger partial charge is 0.138 e. The summed E-state index contributed by atoms with van der Waals surface area (Å²) in [5.41, 5.74) is 96.8. The Morgan fingerprint density at radius 2 is 0.605 bits per heavy atom. The van der Waals surface area contributed by atoms with Crippen LogP contribution in [-0.4, -0.2) is 17.3 Å². The molecular weight excluding hydrogens is 1010 g/mol. The Hall–Kier alpha value is -11.0. The van der Waals surface area contributed by atoms with Crippen molar-refractivity contribution in [1.82, 2.24) is 0 Å². The molecule has 0 radical (unpaired) electrons. The minimum atomic E-state index is 0.0674. The summed E-state index contributed by atoms with van der Waals surface area (Å²) in [6.45, 7) is 8.16. The Morgan fingerprint density at radius 1 is 0.272 bits per heavy atom. The van der Waals surface area contributed by atoms with Gasteiger partial charge in [0.2, 0.25) is 0 Å². The van der Waals surface area contributed by atoms with Crippen molar-refractivity contribution in [1.29, 1.82) is 0 Å². The minimum absolute atomic E-state index is 0.0674. The molecular formula is C65H73N13O3. The van der Waals surface area contributed by atoms with E-state index in [0.717, 1.165) is 72.6 Å². The summed E-state index contributed by atoms with van der Waals surface area (Å²) in [5.74, 6) is 1.12. The van der Waals surface area contributed by atoms with E-state index in [1.165, 1.54) is 16.7 Å². The van der Waals surface area contributed by atoms with Gasteiger partial charge in [-0.05, 0) is 164 Å². The molecule has 0 saturated heterocycles. The summed E-state index contributed by atoms with van der Waals surface area (Å²) in [6.07, 6.45) is 0. The summed E-state index contributed by atoms with van der Waals surface area (Å²) < 4.78 is 5.38. The van der Waals surface area contributed by atoms with Crippen molar-refractivity contribution in [3.05, 3.63) is 204 Å². The molecule has 81 heavy (non-hydrogen) atoms. The number of ether oxygens (including phenoxy) is 1. The normalized spacial score (nSPS) is 10.3. The zero-order valence-electron chi connectivity index (χ0n) is 46.1. The SMILES string of the molecule is COc1cccc(C)c1-c1ccc(N)cc1N.Cc1cccc(C)c1-c1ccc(N)cc1N.Cc1cccc(O)c1-c1ccc(N)cc1N.Nc1ccc(-c2ccc(N)c(N)c2)c(N)c1.Nc1ccc(-c2ccc(O)c(N)c2)c(N)c1. The number of hydrogen-bond donors (Lipinski definition) is 15. The molecule has 0 amide bonds. The zero-order chi connectivity index (χ0) is 59.2. The summed E-state index contributed by atoms with van der Waals surface area (Å²) in [4.78, 5) is 0. The summed E-state index contributed by atoms with van der Waals surface area (Å²) >= 11 is 0. The predicted molar refractivity (Wildman–Crippen MR) is 346 cm³/mol. The first kappa shape index (κ1) is 59.2. The average Bonchev–Trinajstić information content (AvgIpc) is 3.45. The highest BCUT2D eigenvalue weighted by atomic mass is 16.5. The molecule has 0 aliphatic heterocycles. The molecule has 0 spiro atoms. The first-order valence-electron chi connectivity index (χ1n) is 25.5. The minimum Gasteiger partial charge on any atom is -0.507 e. The third-order valence-corrected chi connectivity index (χ3v) is 13.1. The number of aromatic hydroxyl groups is 2. The average molecular weight is 1080 g/mol. The van der Waals surface area contributed by atoms with Crippen molar-refractivity contribution in [2.45, 2.75) is 27.7 Å².